The molecule has 3 rings (SSSR count). The van der Waals surface area contributed by atoms with E-state index in [4.69, 9.17) is 0 Å². The molecule has 0 saturated heterocycles. The van der Waals surface area contributed by atoms with Gasteiger partial charge in [0.15, 0.2) is 0 Å². The highest BCUT2D eigenvalue weighted by Gasteiger charge is 2.37. The van der Waals surface area contributed by atoms with Gasteiger partial charge in [-0.1, -0.05) is 32.9 Å². The molecule has 0 aromatic heterocycles. The van der Waals surface area contributed by atoms with Crippen LogP contribution in [0.3, 0.4) is 0 Å². The van der Waals surface area contributed by atoms with Crippen LogP contribution in [-0.4, -0.2) is 20.9 Å². The average molecular weight is 372 g/mol. The van der Waals surface area contributed by atoms with E-state index < -0.39 is 10.0 Å². The molecule has 1 aliphatic rings. The van der Waals surface area contributed by atoms with Crippen molar-refractivity contribution in [1.29, 1.82) is 0 Å². The van der Waals surface area contributed by atoms with E-state index in [1.165, 1.54) is 6.92 Å². The van der Waals surface area contributed by atoms with Crippen LogP contribution in [0, 0.1) is 0 Å². The molecule has 0 saturated carbocycles. The Bertz CT molecular complexity index is 948. The van der Waals surface area contributed by atoms with E-state index in [0.29, 0.717) is 12.2 Å². The van der Waals surface area contributed by atoms with Crippen LogP contribution in [0.2, 0.25) is 0 Å². The van der Waals surface area contributed by atoms with Crippen molar-refractivity contribution in [2.45, 2.75) is 44.4 Å². The van der Waals surface area contributed by atoms with Crippen LogP contribution in [0.15, 0.2) is 47.4 Å². The second kappa shape index (κ2) is 6.43. The Morgan fingerprint density at radius 2 is 1.81 bits per heavy atom. The number of hydrogen-bond acceptors (Lipinski definition) is 3. The second-order valence-electron chi connectivity index (χ2n) is 7.32. The molecule has 1 aliphatic heterocycles. The van der Waals surface area contributed by atoms with Gasteiger partial charge in [-0.15, -0.1) is 0 Å². The zero-order valence-electron chi connectivity index (χ0n) is 15.5. The predicted molar refractivity (Wildman–Crippen MR) is 104 cm³/mol. The smallest absolute Gasteiger partial charge is 0.261 e. The molecule has 0 bridgehead atoms. The Morgan fingerprint density at radius 1 is 1.15 bits per heavy atom. The van der Waals surface area contributed by atoms with Crippen molar-refractivity contribution in [2.24, 2.45) is 0 Å². The summed E-state index contributed by atoms with van der Waals surface area (Å²) in [5.74, 6) is -0.0402. The number of nitrogens with zero attached hydrogens (tertiary/aromatic N) is 1. The van der Waals surface area contributed by atoms with E-state index in [0.717, 1.165) is 23.2 Å². The molecular weight excluding hydrogens is 348 g/mol. The van der Waals surface area contributed by atoms with E-state index in [2.05, 4.69) is 11.6 Å². The summed E-state index contributed by atoms with van der Waals surface area (Å²) in [6.45, 7) is 8.16. The Labute approximate surface area is 155 Å². The van der Waals surface area contributed by atoms with Crippen LogP contribution in [0.4, 0.5) is 11.4 Å². The minimum atomic E-state index is -3.70. The van der Waals surface area contributed by atoms with E-state index in [1.54, 1.807) is 35.2 Å². The average Bonchev–Trinajstić information content (AvgIpc) is 2.86. The fourth-order valence-electron chi connectivity index (χ4n) is 3.33. The van der Waals surface area contributed by atoms with Crippen LogP contribution in [0.5, 0.6) is 0 Å². The topological polar surface area (TPSA) is 66.5 Å². The molecule has 1 heterocycles. The number of sulfonamides is 1. The molecule has 1 amide bonds. The van der Waals surface area contributed by atoms with Crippen molar-refractivity contribution < 1.29 is 13.2 Å². The number of anilines is 2. The molecular formula is C20H24N2O3S. The van der Waals surface area contributed by atoms with Gasteiger partial charge in [-0.2, -0.15) is 0 Å². The van der Waals surface area contributed by atoms with Crippen molar-refractivity contribution in [3.8, 4) is 0 Å². The molecule has 2 aromatic carbocycles. The molecule has 0 fully saturated rings. The molecule has 0 aliphatic carbocycles. The molecule has 2 aromatic rings. The van der Waals surface area contributed by atoms with E-state index in [9.17, 15) is 13.2 Å². The molecule has 0 radical (unpaired) electrons. The summed E-state index contributed by atoms with van der Waals surface area (Å²) in [4.78, 5) is 13.8. The third kappa shape index (κ3) is 3.33. The largest absolute Gasteiger partial charge is 0.311 e. The van der Waals surface area contributed by atoms with Gasteiger partial charge in [0.05, 0.1) is 4.90 Å². The molecule has 26 heavy (non-hydrogen) atoms. The molecule has 138 valence electrons. The first-order valence-corrected chi connectivity index (χ1v) is 10.2. The van der Waals surface area contributed by atoms with Crippen molar-refractivity contribution in [1.82, 2.24) is 0 Å². The lowest BCUT2D eigenvalue weighted by Crippen LogP contribution is -2.31. The van der Waals surface area contributed by atoms with Crippen LogP contribution in [0.25, 0.3) is 0 Å². The van der Waals surface area contributed by atoms with Gasteiger partial charge in [-0.25, -0.2) is 8.42 Å². The van der Waals surface area contributed by atoms with E-state index >= 15 is 0 Å². The third-order valence-electron chi connectivity index (χ3n) is 4.85. The second-order valence-corrected chi connectivity index (χ2v) is 9.01. The maximum atomic E-state index is 12.8. The quantitative estimate of drug-likeness (QED) is 0.890. The van der Waals surface area contributed by atoms with Gasteiger partial charge in [0.25, 0.3) is 10.0 Å². The molecule has 6 heteroatoms. The van der Waals surface area contributed by atoms with Crippen molar-refractivity contribution in [2.75, 3.05) is 16.2 Å². The summed E-state index contributed by atoms with van der Waals surface area (Å²) in [5.41, 5.74) is 3.05. The van der Waals surface area contributed by atoms with Gasteiger partial charge < -0.3 is 4.90 Å². The number of carbonyl (C=O) groups is 1. The zero-order valence-corrected chi connectivity index (χ0v) is 16.4. The number of fused-ring (bicyclic) bond motifs is 1. The minimum absolute atomic E-state index is 0.0402. The highest BCUT2D eigenvalue weighted by Crippen LogP contribution is 2.41. The van der Waals surface area contributed by atoms with E-state index in [1.807, 2.05) is 26.0 Å². The fourth-order valence-corrected chi connectivity index (χ4v) is 4.41. The van der Waals surface area contributed by atoms with Gasteiger partial charge in [-0.05, 0) is 47.9 Å². The summed E-state index contributed by atoms with van der Waals surface area (Å²) < 4.78 is 28.2. The maximum Gasteiger partial charge on any atom is 0.261 e. The number of benzene rings is 2. The lowest BCUT2D eigenvalue weighted by Gasteiger charge is -2.19. The summed E-state index contributed by atoms with van der Waals surface area (Å²) in [6, 6.07) is 12.3. The first-order valence-electron chi connectivity index (χ1n) is 8.68. The number of hydrogen-bond donors (Lipinski definition) is 1. The van der Waals surface area contributed by atoms with Crippen LogP contribution in [0.1, 0.15) is 38.8 Å². The highest BCUT2D eigenvalue weighted by molar-refractivity contribution is 7.92. The lowest BCUT2D eigenvalue weighted by molar-refractivity contribution is -0.116. The standard InChI is InChI=1S/C20H24N2O3S/c1-5-15-6-8-16(9-7-15)21-26(24,25)17-10-11-19-18(12-17)20(3,4)13-22(19)14(2)23/h6-12,21H,5,13H2,1-4H3. The Hall–Kier alpha value is -2.34. The number of amides is 1. The van der Waals surface area contributed by atoms with Gasteiger partial charge in [0.2, 0.25) is 5.91 Å². The summed E-state index contributed by atoms with van der Waals surface area (Å²) in [5, 5.41) is 0. The van der Waals surface area contributed by atoms with Crippen LogP contribution < -0.4 is 9.62 Å². The summed E-state index contributed by atoms with van der Waals surface area (Å²) >= 11 is 0. The predicted octanol–water partition coefficient (Wildman–Crippen LogP) is 3.69. The number of aryl methyl sites for hydroxylation is 1. The Balaban J connectivity index is 1.95. The zero-order chi connectivity index (χ0) is 19.1. The molecule has 5 nitrogen and oxygen atoms in total. The van der Waals surface area contributed by atoms with E-state index in [-0.39, 0.29) is 16.2 Å². The molecule has 0 unspecified atom stereocenters. The van der Waals surface area contributed by atoms with Gasteiger partial charge >= 0.3 is 0 Å². The fraction of sp³-hybridized carbons (Fsp3) is 0.350. The first-order chi connectivity index (χ1) is 12.1. The van der Waals surface area contributed by atoms with Crippen LogP contribution in [-0.2, 0) is 26.7 Å². The van der Waals surface area contributed by atoms with Gasteiger partial charge in [0, 0.05) is 30.3 Å². The van der Waals surface area contributed by atoms with Crippen molar-refractivity contribution in [3.05, 3.63) is 53.6 Å². The SMILES string of the molecule is CCc1ccc(NS(=O)(=O)c2ccc3c(c2)C(C)(C)CN3C(C)=O)cc1. The summed E-state index contributed by atoms with van der Waals surface area (Å²) in [7, 11) is -3.70. The Morgan fingerprint density at radius 3 is 2.38 bits per heavy atom. The van der Waals surface area contributed by atoms with Crippen LogP contribution >= 0.6 is 0 Å². The number of nitrogens with one attached hydrogen (secondary N) is 1. The number of carbonyl (C=O) groups excluding carboxylic acids is 1. The normalized spacial score (nSPS) is 15.6. The van der Waals surface area contributed by atoms with Crippen molar-refractivity contribution in [3.63, 3.8) is 0 Å². The minimum Gasteiger partial charge on any atom is -0.311 e. The lowest BCUT2D eigenvalue weighted by atomic mass is 9.87. The monoisotopic (exact) mass is 372 g/mol. The van der Waals surface area contributed by atoms with Gasteiger partial charge in [-0.3, -0.25) is 9.52 Å². The maximum absolute atomic E-state index is 12.8. The summed E-state index contributed by atoms with van der Waals surface area (Å²) in [6.07, 6.45) is 0.902. The Kier molecular flexibility index (Phi) is 4.56. The van der Waals surface area contributed by atoms with Crippen molar-refractivity contribution >= 4 is 27.3 Å². The molecule has 0 atom stereocenters. The molecule has 1 N–H and O–H groups in total. The first kappa shape index (κ1) is 18.5. The number of rotatable bonds is 4. The highest BCUT2D eigenvalue weighted by atomic mass is 32.2. The molecule has 0 spiro atoms. The third-order valence-corrected chi connectivity index (χ3v) is 6.23. The van der Waals surface area contributed by atoms with Gasteiger partial charge in [0.1, 0.15) is 0 Å².